The molecule has 0 saturated carbocycles. The lowest BCUT2D eigenvalue weighted by atomic mass is 10.1. The van der Waals surface area contributed by atoms with E-state index in [0.717, 1.165) is 33.1 Å². The Morgan fingerprint density at radius 2 is 2.04 bits per heavy atom. The Balaban J connectivity index is 2.07. The Morgan fingerprint density at radius 1 is 1.30 bits per heavy atom. The number of amides is 2. The second kappa shape index (κ2) is 5.98. The summed E-state index contributed by atoms with van der Waals surface area (Å²) in [5.74, 6) is 2.02. The number of fused-ring (bicyclic) bond motifs is 1. The molecule has 0 N–H and O–H groups in total. The van der Waals surface area contributed by atoms with Crippen LogP contribution in [0.5, 0.6) is 0 Å². The summed E-state index contributed by atoms with van der Waals surface area (Å²) in [6.07, 6.45) is 9.01. The van der Waals surface area contributed by atoms with Crippen molar-refractivity contribution in [3.8, 4) is 12.3 Å². The molecule has 0 radical (unpaired) electrons. The van der Waals surface area contributed by atoms with Crippen LogP contribution in [0.1, 0.15) is 25.5 Å². The minimum atomic E-state index is -0.320. The molecule has 0 aliphatic carbocycles. The van der Waals surface area contributed by atoms with Gasteiger partial charge in [-0.3, -0.25) is 14.5 Å². The number of terminal acetylenes is 1. The molecule has 1 aromatic heterocycles. The fraction of sp³-hybridized carbons (Fsp3) is 0.222. The Bertz CT molecular complexity index is 871. The van der Waals surface area contributed by atoms with E-state index in [4.69, 9.17) is 6.42 Å². The van der Waals surface area contributed by atoms with Gasteiger partial charge in [0.25, 0.3) is 11.1 Å². The molecule has 2 amide bonds. The minimum absolute atomic E-state index is 0.00968. The molecule has 1 saturated heterocycles. The van der Waals surface area contributed by atoms with Crippen molar-refractivity contribution in [3.05, 3.63) is 40.9 Å². The summed E-state index contributed by atoms with van der Waals surface area (Å²) >= 11 is 0.937. The van der Waals surface area contributed by atoms with E-state index in [-0.39, 0.29) is 17.7 Å². The molecule has 23 heavy (non-hydrogen) atoms. The normalized spacial score (nSPS) is 16.8. The summed E-state index contributed by atoms with van der Waals surface area (Å²) in [4.78, 5) is 25.7. The Morgan fingerprint density at radius 3 is 2.74 bits per heavy atom. The summed E-state index contributed by atoms with van der Waals surface area (Å²) in [6, 6.07) is 8.33. The molecule has 1 aliphatic rings. The number of nitrogens with zero attached hydrogens (tertiary/aromatic N) is 2. The van der Waals surface area contributed by atoms with Crippen molar-refractivity contribution in [1.29, 1.82) is 0 Å². The van der Waals surface area contributed by atoms with E-state index in [1.54, 1.807) is 6.08 Å². The van der Waals surface area contributed by atoms with Crippen LogP contribution in [0.25, 0.3) is 17.0 Å². The number of benzene rings is 1. The van der Waals surface area contributed by atoms with E-state index >= 15 is 0 Å². The highest BCUT2D eigenvalue weighted by Crippen LogP contribution is 2.34. The van der Waals surface area contributed by atoms with Gasteiger partial charge in [0.15, 0.2) is 0 Å². The van der Waals surface area contributed by atoms with Crippen molar-refractivity contribution >= 4 is 39.9 Å². The van der Waals surface area contributed by atoms with Gasteiger partial charge in [-0.25, -0.2) is 0 Å². The van der Waals surface area contributed by atoms with Gasteiger partial charge < -0.3 is 4.57 Å². The molecule has 1 aliphatic heterocycles. The maximum absolute atomic E-state index is 12.3. The highest BCUT2D eigenvalue weighted by molar-refractivity contribution is 8.18. The first kappa shape index (κ1) is 15.4. The van der Waals surface area contributed by atoms with Crippen LogP contribution in [-0.2, 0) is 4.79 Å². The average Bonchev–Trinajstić information content (AvgIpc) is 3.02. The maximum Gasteiger partial charge on any atom is 0.294 e. The third kappa shape index (κ3) is 2.66. The van der Waals surface area contributed by atoms with Gasteiger partial charge >= 0.3 is 0 Å². The Kier molecular flexibility index (Phi) is 4.01. The van der Waals surface area contributed by atoms with Crippen molar-refractivity contribution in [2.45, 2.75) is 19.9 Å². The van der Waals surface area contributed by atoms with Gasteiger partial charge in [-0.1, -0.05) is 24.1 Å². The molecule has 5 heteroatoms. The topological polar surface area (TPSA) is 42.3 Å². The predicted octanol–water partition coefficient (Wildman–Crippen LogP) is 3.89. The first-order valence-corrected chi connectivity index (χ1v) is 8.13. The first-order valence-electron chi connectivity index (χ1n) is 7.31. The van der Waals surface area contributed by atoms with Crippen LogP contribution in [0.15, 0.2) is 35.4 Å². The number of carbonyl (C=O) groups excluding carboxylic acids is 2. The third-order valence-corrected chi connectivity index (χ3v) is 4.64. The van der Waals surface area contributed by atoms with Crippen LogP contribution < -0.4 is 0 Å². The zero-order chi connectivity index (χ0) is 16.6. The summed E-state index contributed by atoms with van der Waals surface area (Å²) < 4.78 is 2.16. The lowest BCUT2D eigenvalue weighted by molar-refractivity contribution is -0.122. The zero-order valence-corrected chi connectivity index (χ0v) is 13.8. The van der Waals surface area contributed by atoms with E-state index in [9.17, 15) is 9.59 Å². The number of carbonyl (C=O) groups is 2. The van der Waals surface area contributed by atoms with Gasteiger partial charge in [0.1, 0.15) is 0 Å². The molecule has 2 aromatic rings. The summed E-state index contributed by atoms with van der Waals surface area (Å²) in [6.45, 7) is 4.23. The molecular weight excluding hydrogens is 308 g/mol. The first-order chi connectivity index (χ1) is 11.0. The number of thioether (sulfide) groups is 1. The van der Waals surface area contributed by atoms with Crippen molar-refractivity contribution in [3.63, 3.8) is 0 Å². The van der Waals surface area contributed by atoms with Crippen LogP contribution in [0.3, 0.4) is 0 Å². The van der Waals surface area contributed by atoms with Crippen LogP contribution in [0.2, 0.25) is 0 Å². The molecule has 0 unspecified atom stereocenters. The number of para-hydroxylation sites is 1. The average molecular weight is 324 g/mol. The van der Waals surface area contributed by atoms with Gasteiger partial charge in [0.2, 0.25) is 0 Å². The molecule has 3 rings (SSSR count). The van der Waals surface area contributed by atoms with Gasteiger partial charge in [-0.2, -0.15) is 0 Å². The number of hydrogen-bond donors (Lipinski definition) is 0. The third-order valence-electron chi connectivity index (χ3n) is 3.74. The van der Waals surface area contributed by atoms with Crippen LogP contribution in [-0.4, -0.2) is 27.2 Å². The number of aromatic nitrogens is 1. The van der Waals surface area contributed by atoms with Gasteiger partial charge in [-0.05, 0) is 37.8 Å². The van der Waals surface area contributed by atoms with Crippen molar-refractivity contribution in [1.82, 2.24) is 9.47 Å². The van der Waals surface area contributed by atoms with E-state index in [2.05, 4.69) is 30.4 Å². The highest BCUT2D eigenvalue weighted by atomic mass is 32.2. The van der Waals surface area contributed by atoms with Gasteiger partial charge in [-0.15, -0.1) is 6.42 Å². The zero-order valence-electron chi connectivity index (χ0n) is 12.9. The quantitative estimate of drug-likeness (QED) is 0.635. The number of imide groups is 1. The monoisotopic (exact) mass is 324 g/mol. The molecule has 116 valence electrons. The molecule has 0 spiro atoms. The van der Waals surface area contributed by atoms with E-state index in [0.29, 0.717) is 10.9 Å². The minimum Gasteiger partial charge on any atom is -0.344 e. The van der Waals surface area contributed by atoms with Gasteiger partial charge in [0, 0.05) is 28.7 Å². The summed E-state index contributed by atoms with van der Waals surface area (Å²) in [5.41, 5.74) is 2.04. The predicted molar refractivity (Wildman–Crippen MR) is 93.8 cm³/mol. The molecule has 0 bridgehead atoms. The lowest BCUT2D eigenvalue weighted by Gasteiger charge is -2.08. The van der Waals surface area contributed by atoms with E-state index in [1.165, 1.54) is 0 Å². The smallest absolute Gasteiger partial charge is 0.294 e. The molecule has 1 fully saturated rings. The molecular formula is C18H16N2O2S. The molecule has 4 nitrogen and oxygen atoms in total. The highest BCUT2D eigenvalue weighted by Gasteiger charge is 2.34. The number of rotatable bonds is 3. The van der Waals surface area contributed by atoms with Crippen LogP contribution in [0.4, 0.5) is 4.79 Å². The van der Waals surface area contributed by atoms with Crippen molar-refractivity contribution < 1.29 is 9.59 Å². The number of hydrogen-bond acceptors (Lipinski definition) is 3. The molecule has 2 heterocycles. The van der Waals surface area contributed by atoms with E-state index < -0.39 is 0 Å². The van der Waals surface area contributed by atoms with Gasteiger partial charge in [0.05, 0.1) is 11.4 Å². The second-order valence-corrected chi connectivity index (χ2v) is 6.57. The van der Waals surface area contributed by atoms with Crippen LogP contribution >= 0.6 is 11.8 Å². The van der Waals surface area contributed by atoms with Crippen molar-refractivity contribution in [2.75, 3.05) is 6.54 Å². The summed E-state index contributed by atoms with van der Waals surface area (Å²) in [5, 5.41) is 0.747. The lowest BCUT2D eigenvalue weighted by Crippen LogP contribution is -2.28. The second-order valence-electron chi connectivity index (χ2n) is 5.57. The maximum atomic E-state index is 12.3. The SMILES string of the molecule is C#CCN1C(=O)S/C(=C\c2cn(C(C)C)c3ccccc23)C1=O. The largest absolute Gasteiger partial charge is 0.344 e. The fourth-order valence-corrected chi connectivity index (χ4v) is 3.47. The summed E-state index contributed by atoms with van der Waals surface area (Å²) in [7, 11) is 0. The Hall–Kier alpha value is -2.45. The Labute approximate surface area is 139 Å². The van der Waals surface area contributed by atoms with Crippen LogP contribution in [0, 0.1) is 12.3 Å². The standard InChI is InChI=1S/C18H16N2O2S/c1-4-9-19-17(21)16(23-18(19)22)10-13-11-20(12(2)3)15-8-6-5-7-14(13)15/h1,5-8,10-12H,9H2,2-3H3/b16-10-. The van der Waals surface area contributed by atoms with Crippen molar-refractivity contribution in [2.24, 2.45) is 0 Å². The molecule has 0 atom stereocenters. The van der Waals surface area contributed by atoms with E-state index in [1.807, 2.05) is 24.4 Å². The molecule has 1 aromatic carbocycles. The fourth-order valence-electron chi connectivity index (χ4n) is 2.64.